The maximum absolute atomic E-state index is 12.3. The number of nitrogens with zero attached hydrogens (tertiary/aromatic N) is 1. The number of hydrogen-bond donors (Lipinski definition) is 2. The predicted octanol–water partition coefficient (Wildman–Crippen LogP) is 4.29. The Bertz CT molecular complexity index is 1220. The van der Waals surface area contributed by atoms with Crippen molar-refractivity contribution in [3.05, 3.63) is 90.5 Å². The van der Waals surface area contributed by atoms with Crippen LogP contribution in [0.25, 0.3) is 22.2 Å². The molecule has 0 radical (unpaired) electrons. The van der Waals surface area contributed by atoms with Crippen molar-refractivity contribution in [2.75, 3.05) is 0 Å². The van der Waals surface area contributed by atoms with E-state index in [0.717, 1.165) is 5.56 Å². The molecular weight excluding hydrogens is 374 g/mol. The molecule has 5 nitrogen and oxygen atoms in total. The van der Waals surface area contributed by atoms with Gasteiger partial charge in [-0.05, 0) is 17.2 Å². The Morgan fingerprint density at radius 3 is 2.04 bits per heavy atom. The van der Waals surface area contributed by atoms with Gasteiger partial charge in [-0.3, -0.25) is 4.55 Å². The van der Waals surface area contributed by atoms with Crippen molar-refractivity contribution < 1.29 is 18.1 Å². The minimum atomic E-state index is -4.49. The molecule has 1 unspecified atom stereocenters. The number of aliphatic hydroxyl groups is 1. The van der Waals surface area contributed by atoms with Crippen molar-refractivity contribution in [3.63, 3.8) is 0 Å². The highest BCUT2D eigenvalue weighted by Gasteiger charge is 2.27. The monoisotopic (exact) mass is 393 g/mol. The SMILES string of the molecule is O=S(=O)(O)c1c(-c2ccccc2)n(CC(O)c2ccccc2)c2ccccc12. The molecule has 1 heterocycles. The molecule has 4 aromatic rings. The third kappa shape index (κ3) is 3.33. The van der Waals surface area contributed by atoms with Gasteiger partial charge in [0.15, 0.2) is 0 Å². The first kappa shape index (κ1) is 18.4. The molecule has 1 aromatic heterocycles. The standard InChI is InChI=1S/C22H19NO4S/c24-20(16-9-3-1-4-10-16)15-23-19-14-8-7-13-18(19)22(28(25,26)27)21(23)17-11-5-2-6-12-17/h1-14,20,24H,15H2,(H,25,26,27). The molecule has 0 amide bonds. The van der Waals surface area contributed by atoms with Crippen LogP contribution < -0.4 is 0 Å². The second-order valence-electron chi connectivity index (χ2n) is 6.57. The van der Waals surface area contributed by atoms with Gasteiger partial charge in [-0.1, -0.05) is 78.9 Å². The molecule has 28 heavy (non-hydrogen) atoms. The minimum absolute atomic E-state index is 0.143. The molecule has 4 rings (SSSR count). The first-order valence-electron chi connectivity index (χ1n) is 8.84. The van der Waals surface area contributed by atoms with E-state index in [4.69, 9.17) is 0 Å². The first-order valence-corrected chi connectivity index (χ1v) is 10.3. The fraction of sp³-hybridized carbons (Fsp3) is 0.0909. The Balaban J connectivity index is 1.99. The number of benzene rings is 3. The van der Waals surface area contributed by atoms with Crippen LogP contribution in [0.3, 0.4) is 0 Å². The van der Waals surface area contributed by atoms with Gasteiger partial charge in [-0.15, -0.1) is 0 Å². The van der Waals surface area contributed by atoms with Crippen molar-refractivity contribution in [3.8, 4) is 11.3 Å². The van der Waals surface area contributed by atoms with Crippen LogP contribution in [-0.4, -0.2) is 22.6 Å². The third-order valence-corrected chi connectivity index (χ3v) is 5.70. The van der Waals surface area contributed by atoms with Gasteiger partial charge in [0.05, 0.1) is 23.9 Å². The van der Waals surface area contributed by atoms with Gasteiger partial charge in [0, 0.05) is 5.39 Å². The maximum atomic E-state index is 12.3. The van der Waals surface area contributed by atoms with E-state index >= 15 is 0 Å². The van der Waals surface area contributed by atoms with E-state index in [1.165, 1.54) is 0 Å². The highest BCUT2D eigenvalue weighted by atomic mass is 32.2. The van der Waals surface area contributed by atoms with Crippen LogP contribution in [0.2, 0.25) is 0 Å². The number of hydrogen-bond acceptors (Lipinski definition) is 3. The average molecular weight is 393 g/mol. The van der Waals surface area contributed by atoms with Crippen molar-refractivity contribution in [1.29, 1.82) is 0 Å². The molecule has 2 N–H and O–H groups in total. The zero-order chi connectivity index (χ0) is 19.7. The van der Waals surface area contributed by atoms with Crippen LogP contribution >= 0.6 is 0 Å². The topological polar surface area (TPSA) is 79.5 Å². The van der Waals surface area contributed by atoms with Crippen molar-refractivity contribution in [1.82, 2.24) is 4.57 Å². The number of fused-ring (bicyclic) bond motifs is 1. The highest BCUT2D eigenvalue weighted by molar-refractivity contribution is 7.86. The molecule has 0 fully saturated rings. The molecule has 142 valence electrons. The summed E-state index contributed by atoms with van der Waals surface area (Å²) in [5.74, 6) is 0. The molecule has 0 aliphatic heterocycles. The zero-order valence-corrected chi connectivity index (χ0v) is 15.8. The zero-order valence-electron chi connectivity index (χ0n) is 14.9. The van der Waals surface area contributed by atoms with Crippen molar-refractivity contribution in [2.45, 2.75) is 17.5 Å². The summed E-state index contributed by atoms with van der Waals surface area (Å²) >= 11 is 0. The summed E-state index contributed by atoms with van der Waals surface area (Å²) in [6.45, 7) is 0.143. The smallest absolute Gasteiger partial charge is 0.297 e. The van der Waals surface area contributed by atoms with Crippen molar-refractivity contribution >= 4 is 21.0 Å². The van der Waals surface area contributed by atoms with Crippen LogP contribution in [0.4, 0.5) is 0 Å². The molecule has 0 saturated heterocycles. The number of para-hydroxylation sites is 1. The van der Waals surface area contributed by atoms with E-state index in [-0.39, 0.29) is 11.4 Å². The minimum Gasteiger partial charge on any atom is -0.387 e. The largest absolute Gasteiger partial charge is 0.387 e. The van der Waals surface area contributed by atoms with Gasteiger partial charge < -0.3 is 9.67 Å². The third-order valence-electron chi connectivity index (χ3n) is 4.77. The van der Waals surface area contributed by atoms with Crippen LogP contribution in [0.5, 0.6) is 0 Å². The van der Waals surface area contributed by atoms with Crippen LogP contribution in [0.1, 0.15) is 11.7 Å². The highest BCUT2D eigenvalue weighted by Crippen LogP contribution is 2.38. The summed E-state index contributed by atoms with van der Waals surface area (Å²) < 4.78 is 36.3. The lowest BCUT2D eigenvalue weighted by Gasteiger charge is -2.17. The van der Waals surface area contributed by atoms with E-state index in [2.05, 4.69) is 0 Å². The summed E-state index contributed by atoms with van der Waals surface area (Å²) in [4.78, 5) is -0.144. The lowest BCUT2D eigenvalue weighted by Crippen LogP contribution is -2.11. The van der Waals surface area contributed by atoms with E-state index in [0.29, 0.717) is 22.2 Å². The fourth-order valence-corrected chi connectivity index (χ4v) is 4.48. The second-order valence-corrected chi connectivity index (χ2v) is 7.93. The lowest BCUT2D eigenvalue weighted by molar-refractivity contribution is 0.158. The summed E-state index contributed by atoms with van der Waals surface area (Å²) in [6.07, 6.45) is -0.839. The van der Waals surface area contributed by atoms with E-state index in [1.807, 2.05) is 36.4 Å². The van der Waals surface area contributed by atoms with Crippen LogP contribution in [0, 0.1) is 0 Å². The fourth-order valence-electron chi connectivity index (χ4n) is 3.56. The second kappa shape index (κ2) is 7.24. The molecule has 6 heteroatoms. The molecular formula is C22H19NO4S. The Hall–Kier alpha value is -2.93. The van der Waals surface area contributed by atoms with E-state index in [9.17, 15) is 18.1 Å². The molecule has 0 spiro atoms. The Kier molecular flexibility index (Phi) is 4.77. The molecule has 0 aliphatic rings. The Labute approximate surface area is 163 Å². The predicted molar refractivity (Wildman–Crippen MR) is 109 cm³/mol. The number of aliphatic hydroxyl groups excluding tert-OH is 1. The number of rotatable bonds is 5. The van der Waals surface area contributed by atoms with Gasteiger partial charge in [0.2, 0.25) is 0 Å². The van der Waals surface area contributed by atoms with E-state index < -0.39 is 16.2 Å². The van der Waals surface area contributed by atoms with Gasteiger partial charge >= 0.3 is 0 Å². The first-order chi connectivity index (χ1) is 13.5. The van der Waals surface area contributed by atoms with Gasteiger partial charge in [0.25, 0.3) is 10.1 Å². The molecule has 1 atom stereocenters. The molecule has 0 aliphatic carbocycles. The average Bonchev–Trinajstić information content (AvgIpc) is 3.04. The summed E-state index contributed by atoms with van der Waals surface area (Å²) in [7, 11) is -4.49. The van der Waals surface area contributed by atoms with Crippen LogP contribution in [-0.2, 0) is 16.7 Å². The van der Waals surface area contributed by atoms with Gasteiger partial charge in [-0.2, -0.15) is 8.42 Å². The molecule has 3 aromatic carbocycles. The summed E-state index contributed by atoms with van der Waals surface area (Å²) in [6, 6.07) is 25.2. The molecule has 0 saturated carbocycles. The molecule has 0 bridgehead atoms. The van der Waals surface area contributed by atoms with Gasteiger partial charge in [-0.25, -0.2) is 0 Å². The summed E-state index contributed by atoms with van der Waals surface area (Å²) in [5, 5.41) is 11.2. The maximum Gasteiger partial charge on any atom is 0.297 e. The van der Waals surface area contributed by atoms with Crippen LogP contribution in [0.15, 0.2) is 89.8 Å². The summed E-state index contributed by atoms with van der Waals surface area (Å²) in [5.41, 5.74) is 2.36. The van der Waals surface area contributed by atoms with Crippen molar-refractivity contribution in [2.24, 2.45) is 0 Å². The van der Waals surface area contributed by atoms with Gasteiger partial charge in [0.1, 0.15) is 4.90 Å². The van der Waals surface area contributed by atoms with E-state index in [1.54, 1.807) is 53.1 Å². The number of aromatic nitrogens is 1. The Morgan fingerprint density at radius 1 is 0.821 bits per heavy atom. The Morgan fingerprint density at radius 2 is 1.39 bits per heavy atom. The normalized spacial score (nSPS) is 12.9. The quantitative estimate of drug-likeness (QED) is 0.496. The lowest BCUT2D eigenvalue weighted by atomic mass is 10.1.